The van der Waals surface area contributed by atoms with Gasteiger partial charge in [-0.25, -0.2) is 4.79 Å². The largest absolute Gasteiger partial charge is 0.393 e. The molecule has 0 aromatic heterocycles. The summed E-state index contributed by atoms with van der Waals surface area (Å²) in [5.41, 5.74) is 0.453. The summed E-state index contributed by atoms with van der Waals surface area (Å²) in [7, 11) is 0. The number of hydrogen-bond acceptors (Lipinski definition) is 2. The van der Waals surface area contributed by atoms with E-state index in [2.05, 4.69) is 10.6 Å². The normalized spacial score (nSPS) is 12.0. The van der Waals surface area contributed by atoms with Crippen LogP contribution >= 0.6 is 23.2 Å². The van der Waals surface area contributed by atoms with E-state index in [9.17, 15) is 4.79 Å². The molecular weight excluding hydrogens is 263 g/mol. The van der Waals surface area contributed by atoms with Crippen molar-refractivity contribution in [2.45, 2.75) is 19.4 Å². The molecule has 0 saturated heterocycles. The van der Waals surface area contributed by atoms with Crippen molar-refractivity contribution < 1.29 is 9.90 Å². The lowest BCUT2D eigenvalue weighted by molar-refractivity contribution is 0.184. The van der Waals surface area contributed by atoms with Crippen molar-refractivity contribution in [2.75, 3.05) is 11.9 Å². The fourth-order valence-electron chi connectivity index (χ4n) is 1.15. The highest BCUT2D eigenvalue weighted by molar-refractivity contribution is 6.35. The lowest BCUT2D eigenvalue weighted by Crippen LogP contribution is -2.30. The second kappa shape index (κ2) is 6.69. The van der Waals surface area contributed by atoms with Gasteiger partial charge >= 0.3 is 6.03 Å². The first-order valence-corrected chi connectivity index (χ1v) is 5.92. The van der Waals surface area contributed by atoms with Gasteiger partial charge in [0.1, 0.15) is 0 Å². The maximum atomic E-state index is 11.5. The van der Waals surface area contributed by atoms with Gasteiger partial charge in [-0.1, -0.05) is 23.2 Å². The summed E-state index contributed by atoms with van der Waals surface area (Å²) in [5, 5.41) is 15.1. The molecule has 1 aromatic rings. The predicted octanol–water partition coefficient (Wildman–Crippen LogP) is 2.89. The van der Waals surface area contributed by atoms with Gasteiger partial charge in [0, 0.05) is 11.6 Å². The quantitative estimate of drug-likeness (QED) is 0.792. The Labute approximate surface area is 110 Å². The summed E-state index contributed by atoms with van der Waals surface area (Å²) in [6.07, 6.45) is 0.0570. The van der Waals surface area contributed by atoms with Crippen molar-refractivity contribution in [3.8, 4) is 0 Å². The van der Waals surface area contributed by atoms with Crippen molar-refractivity contribution in [2.24, 2.45) is 0 Å². The van der Waals surface area contributed by atoms with Gasteiger partial charge < -0.3 is 15.7 Å². The molecule has 0 fully saturated rings. The minimum absolute atomic E-state index is 0.380. The molecular formula is C11H14Cl2N2O2. The van der Waals surface area contributed by atoms with Gasteiger partial charge in [0.25, 0.3) is 0 Å². The van der Waals surface area contributed by atoms with Crippen LogP contribution in [-0.2, 0) is 0 Å². The van der Waals surface area contributed by atoms with Crippen molar-refractivity contribution in [1.29, 1.82) is 0 Å². The highest BCUT2D eigenvalue weighted by Crippen LogP contribution is 2.25. The van der Waals surface area contributed by atoms with E-state index in [4.69, 9.17) is 28.3 Å². The molecule has 3 N–H and O–H groups in total. The summed E-state index contributed by atoms with van der Waals surface area (Å²) < 4.78 is 0. The summed E-state index contributed by atoms with van der Waals surface area (Å²) in [6, 6.07) is 4.43. The van der Waals surface area contributed by atoms with Crippen molar-refractivity contribution in [1.82, 2.24) is 5.32 Å². The van der Waals surface area contributed by atoms with E-state index >= 15 is 0 Å². The highest BCUT2D eigenvalue weighted by atomic mass is 35.5. The van der Waals surface area contributed by atoms with Crippen LogP contribution in [0.25, 0.3) is 0 Å². The highest BCUT2D eigenvalue weighted by Gasteiger charge is 2.06. The zero-order valence-corrected chi connectivity index (χ0v) is 10.8. The number of rotatable bonds is 4. The van der Waals surface area contributed by atoms with E-state index in [1.165, 1.54) is 0 Å². The average molecular weight is 277 g/mol. The van der Waals surface area contributed by atoms with Crippen LogP contribution in [-0.4, -0.2) is 23.8 Å². The molecule has 0 bridgehead atoms. The number of carbonyl (C=O) groups excluding carboxylic acids is 1. The number of benzene rings is 1. The minimum atomic E-state index is -0.440. The molecule has 6 heteroatoms. The maximum absolute atomic E-state index is 11.5. The summed E-state index contributed by atoms with van der Waals surface area (Å²) in [6.45, 7) is 2.05. The summed E-state index contributed by atoms with van der Waals surface area (Å²) >= 11 is 11.7. The molecule has 0 saturated carbocycles. The molecule has 0 aliphatic carbocycles. The number of aliphatic hydroxyl groups excluding tert-OH is 1. The van der Waals surface area contributed by atoms with E-state index in [0.29, 0.717) is 28.7 Å². The Morgan fingerprint density at radius 1 is 1.47 bits per heavy atom. The second-order valence-electron chi connectivity index (χ2n) is 3.64. The first kappa shape index (κ1) is 14.1. The second-order valence-corrected chi connectivity index (χ2v) is 4.49. The fourth-order valence-corrected chi connectivity index (χ4v) is 1.49. The zero-order chi connectivity index (χ0) is 12.8. The topological polar surface area (TPSA) is 61.4 Å². The van der Waals surface area contributed by atoms with Crippen LogP contribution in [0.3, 0.4) is 0 Å². The first-order valence-electron chi connectivity index (χ1n) is 5.17. The van der Waals surface area contributed by atoms with Gasteiger partial charge in [-0.3, -0.25) is 0 Å². The number of hydrogen-bond donors (Lipinski definition) is 3. The molecule has 1 aromatic carbocycles. The van der Waals surface area contributed by atoms with Crippen molar-refractivity contribution >= 4 is 34.9 Å². The van der Waals surface area contributed by atoms with Gasteiger partial charge in [0.15, 0.2) is 0 Å². The lowest BCUT2D eigenvalue weighted by atomic mass is 10.3. The Morgan fingerprint density at radius 2 is 2.18 bits per heavy atom. The van der Waals surface area contributed by atoms with E-state index in [-0.39, 0.29) is 6.03 Å². The molecule has 4 nitrogen and oxygen atoms in total. The third-order valence-corrected chi connectivity index (χ3v) is 2.59. The van der Waals surface area contributed by atoms with Gasteiger partial charge in [0.05, 0.1) is 16.8 Å². The Kier molecular flexibility index (Phi) is 5.55. The smallest absolute Gasteiger partial charge is 0.319 e. The molecule has 94 valence electrons. The third kappa shape index (κ3) is 5.26. The van der Waals surface area contributed by atoms with Crippen LogP contribution in [0, 0.1) is 0 Å². The Hall–Kier alpha value is -0.970. The Balaban J connectivity index is 2.47. The number of carbonyl (C=O) groups is 1. The third-order valence-electron chi connectivity index (χ3n) is 2.02. The summed E-state index contributed by atoms with van der Waals surface area (Å²) in [5.74, 6) is 0. The zero-order valence-electron chi connectivity index (χ0n) is 9.34. The number of anilines is 1. The van der Waals surface area contributed by atoms with Gasteiger partial charge in [0.2, 0.25) is 0 Å². The molecule has 0 aliphatic heterocycles. The van der Waals surface area contributed by atoms with E-state index in [1.54, 1.807) is 25.1 Å². The minimum Gasteiger partial charge on any atom is -0.393 e. The molecule has 1 unspecified atom stereocenters. The molecule has 1 rings (SSSR count). The number of aliphatic hydroxyl groups is 1. The molecule has 0 heterocycles. The number of nitrogens with one attached hydrogen (secondary N) is 2. The Bertz CT molecular complexity index is 397. The van der Waals surface area contributed by atoms with E-state index < -0.39 is 6.10 Å². The summed E-state index contributed by atoms with van der Waals surface area (Å²) in [4.78, 5) is 11.5. The average Bonchev–Trinajstić information content (AvgIpc) is 2.23. The van der Waals surface area contributed by atoms with Crippen LogP contribution in [0.5, 0.6) is 0 Å². The monoisotopic (exact) mass is 276 g/mol. The molecule has 0 spiro atoms. The molecule has 2 amide bonds. The molecule has 1 atom stereocenters. The molecule has 0 aliphatic rings. The van der Waals surface area contributed by atoms with Crippen molar-refractivity contribution in [3.05, 3.63) is 28.2 Å². The number of amides is 2. The van der Waals surface area contributed by atoms with Gasteiger partial charge in [-0.2, -0.15) is 0 Å². The molecule has 17 heavy (non-hydrogen) atoms. The number of halogens is 2. The van der Waals surface area contributed by atoms with Gasteiger partial charge in [-0.05, 0) is 31.5 Å². The standard InChI is InChI=1S/C11H14Cl2N2O2/c1-7(16)4-5-14-11(17)15-10-6-8(12)2-3-9(10)13/h2-3,6-7,16H,4-5H2,1H3,(H2,14,15,17). The number of urea groups is 1. The van der Waals surface area contributed by atoms with E-state index in [1.807, 2.05) is 0 Å². The lowest BCUT2D eigenvalue weighted by Gasteiger charge is -2.10. The van der Waals surface area contributed by atoms with Crippen LogP contribution in [0.4, 0.5) is 10.5 Å². The first-order chi connectivity index (χ1) is 7.99. The van der Waals surface area contributed by atoms with E-state index in [0.717, 1.165) is 0 Å². The van der Waals surface area contributed by atoms with Crippen molar-refractivity contribution in [3.63, 3.8) is 0 Å². The SMILES string of the molecule is CC(O)CCNC(=O)Nc1cc(Cl)ccc1Cl. The maximum Gasteiger partial charge on any atom is 0.319 e. The Morgan fingerprint density at radius 3 is 2.82 bits per heavy atom. The van der Waals surface area contributed by atoms with Crippen LogP contribution < -0.4 is 10.6 Å². The van der Waals surface area contributed by atoms with Crippen LogP contribution in [0.15, 0.2) is 18.2 Å². The van der Waals surface area contributed by atoms with Gasteiger partial charge in [-0.15, -0.1) is 0 Å². The fraction of sp³-hybridized carbons (Fsp3) is 0.364. The van der Waals surface area contributed by atoms with Crippen LogP contribution in [0.2, 0.25) is 10.0 Å². The molecule has 0 radical (unpaired) electrons. The predicted molar refractivity (Wildman–Crippen MR) is 69.8 cm³/mol. The van der Waals surface area contributed by atoms with Crippen LogP contribution in [0.1, 0.15) is 13.3 Å².